The number of nitrogens with zero attached hydrogens (tertiary/aromatic N) is 3. The largest absolute Gasteiger partial charge is 0.480 e. The van der Waals surface area contributed by atoms with E-state index in [1.807, 2.05) is 0 Å². The quantitative estimate of drug-likeness (QED) is 0.747. The topological polar surface area (TPSA) is 92.8 Å². The predicted octanol–water partition coefficient (Wildman–Crippen LogP) is 1.94. The molecule has 2 heterocycles. The lowest BCUT2D eigenvalue weighted by molar-refractivity contribution is 0.0946. The normalized spacial score (nSPS) is 10.4. The molecule has 0 fully saturated rings. The van der Waals surface area contributed by atoms with Crippen molar-refractivity contribution in [1.82, 2.24) is 25.5 Å². The summed E-state index contributed by atoms with van der Waals surface area (Å²) in [6.07, 6.45) is 1.54. The summed E-state index contributed by atoms with van der Waals surface area (Å²) in [5, 5.41) is 9.50. The fraction of sp³-hybridized carbons (Fsp3) is 0.125. The van der Waals surface area contributed by atoms with E-state index in [2.05, 4.69) is 25.5 Å². The van der Waals surface area contributed by atoms with Gasteiger partial charge >= 0.3 is 0 Å². The molecular weight excluding hydrogens is 313 g/mol. The molecular formula is C16H14FN5O2. The van der Waals surface area contributed by atoms with Crippen LogP contribution in [0.15, 0.2) is 42.6 Å². The van der Waals surface area contributed by atoms with Gasteiger partial charge in [-0.15, -0.1) is 0 Å². The van der Waals surface area contributed by atoms with E-state index in [9.17, 15) is 9.18 Å². The van der Waals surface area contributed by atoms with Gasteiger partial charge in [-0.25, -0.2) is 14.4 Å². The van der Waals surface area contributed by atoms with E-state index >= 15 is 0 Å². The number of aromatic nitrogens is 4. The second-order valence-electron chi connectivity index (χ2n) is 4.86. The third-order valence-corrected chi connectivity index (χ3v) is 3.26. The molecule has 2 N–H and O–H groups in total. The van der Waals surface area contributed by atoms with Crippen molar-refractivity contribution in [3.63, 3.8) is 0 Å². The van der Waals surface area contributed by atoms with E-state index in [0.717, 1.165) is 0 Å². The van der Waals surface area contributed by atoms with Gasteiger partial charge in [-0.1, -0.05) is 0 Å². The molecule has 122 valence electrons. The molecule has 1 amide bonds. The third kappa shape index (κ3) is 3.37. The lowest BCUT2D eigenvalue weighted by Crippen LogP contribution is -2.24. The van der Waals surface area contributed by atoms with E-state index in [-0.39, 0.29) is 24.1 Å². The summed E-state index contributed by atoms with van der Waals surface area (Å²) in [5.41, 5.74) is 1.01. The van der Waals surface area contributed by atoms with Crippen molar-refractivity contribution in [2.24, 2.45) is 0 Å². The number of carbonyl (C=O) groups is 1. The van der Waals surface area contributed by atoms with Gasteiger partial charge in [-0.2, -0.15) is 5.10 Å². The molecule has 0 unspecified atom stereocenters. The summed E-state index contributed by atoms with van der Waals surface area (Å²) in [6.45, 7) is 0.158. The number of rotatable bonds is 5. The Kier molecular flexibility index (Phi) is 4.46. The first-order valence-electron chi connectivity index (χ1n) is 7.12. The lowest BCUT2D eigenvalue weighted by Gasteiger charge is -2.06. The van der Waals surface area contributed by atoms with Crippen molar-refractivity contribution >= 4 is 5.91 Å². The molecule has 1 aromatic carbocycles. The number of carbonyl (C=O) groups excluding carboxylic acids is 1. The molecule has 2 aromatic heterocycles. The molecule has 0 radical (unpaired) electrons. The number of ether oxygens (including phenoxy) is 1. The van der Waals surface area contributed by atoms with Gasteiger partial charge in [0, 0.05) is 11.8 Å². The van der Waals surface area contributed by atoms with E-state index in [1.54, 1.807) is 30.5 Å². The zero-order chi connectivity index (χ0) is 16.9. The highest BCUT2D eigenvalue weighted by Gasteiger charge is 2.13. The Bertz CT molecular complexity index is 848. The van der Waals surface area contributed by atoms with E-state index < -0.39 is 0 Å². The fourth-order valence-electron chi connectivity index (χ4n) is 2.09. The Morgan fingerprint density at radius 1 is 1.29 bits per heavy atom. The monoisotopic (exact) mass is 327 g/mol. The number of H-pyrrole nitrogens is 1. The van der Waals surface area contributed by atoms with Crippen LogP contribution < -0.4 is 10.1 Å². The van der Waals surface area contributed by atoms with Crippen LogP contribution in [0.1, 0.15) is 16.2 Å². The van der Waals surface area contributed by atoms with Crippen LogP contribution in [0.5, 0.6) is 5.88 Å². The smallest absolute Gasteiger partial charge is 0.257 e. The highest BCUT2D eigenvalue weighted by molar-refractivity contribution is 5.96. The number of pyridine rings is 1. The number of halogens is 1. The molecule has 0 aliphatic rings. The molecule has 0 spiro atoms. The molecule has 0 saturated heterocycles. The predicted molar refractivity (Wildman–Crippen MR) is 83.7 cm³/mol. The summed E-state index contributed by atoms with van der Waals surface area (Å²) < 4.78 is 18.0. The summed E-state index contributed by atoms with van der Waals surface area (Å²) in [6, 6.07) is 9.11. The van der Waals surface area contributed by atoms with Crippen LogP contribution in [-0.2, 0) is 6.54 Å². The van der Waals surface area contributed by atoms with Crippen LogP contribution in [0, 0.1) is 5.82 Å². The minimum Gasteiger partial charge on any atom is -0.480 e. The van der Waals surface area contributed by atoms with Crippen LogP contribution in [0.2, 0.25) is 0 Å². The van der Waals surface area contributed by atoms with Crippen molar-refractivity contribution in [2.45, 2.75) is 6.54 Å². The Morgan fingerprint density at radius 2 is 2.08 bits per heavy atom. The van der Waals surface area contributed by atoms with Gasteiger partial charge in [0.05, 0.1) is 13.7 Å². The summed E-state index contributed by atoms with van der Waals surface area (Å²) in [5.74, 6) is 0.496. The number of hydrogen-bond donors (Lipinski definition) is 2. The molecule has 8 heteroatoms. The standard InChI is InChI=1S/C16H14FN5O2/c1-24-16-12(3-2-8-18-16)15(23)19-9-13-20-14(22-21-13)10-4-6-11(17)7-5-10/h2-8H,9H2,1H3,(H,19,23)(H,20,21,22). The van der Waals surface area contributed by atoms with Gasteiger partial charge in [-0.3, -0.25) is 9.89 Å². The lowest BCUT2D eigenvalue weighted by atomic mass is 10.2. The maximum Gasteiger partial charge on any atom is 0.257 e. The third-order valence-electron chi connectivity index (χ3n) is 3.26. The molecule has 0 atom stereocenters. The maximum absolute atomic E-state index is 12.9. The second kappa shape index (κ2) is 6.86. The van der Waals surface area contributed by atoms with Gasteiger partial charge in [-0.05, 0) is 36.4 Å². The number of aromatic amines is 1. The number of nitrogens with one attached hydrogen (secondary N) is 2. The Hall–Kier alpha value is -3.29. The van der Waals surface area contributed by atoms with Gasteiger partial charge in [0.1, 0.15) is 17.2 Å². The number of amides is 1. The van der Waals surface area contributed by atoms with Crippen molar-refractivity contribution < 1.29 is 13.9 Å². The van der Waals surface area contributed by atoms with E-state index in [1.165, 1.54) is 19.2 Å². The van der Waals surface area contributed by atoms with Gasteiger partial charge in [0.2, 0.25) is 5.88 Å². The van der Waals surface area contributed by atoms with Crippen molar-refractivity contribution in [1.29, 1.82) is 0 Å². The highest BCUT2D eigenvalue weighted by Crippen LogP contribution is 2.15. The minimum absolute atomic E-state index is 0.158. The highest BCUT2D eigenvalue weighted by atomic mass is 19.1. The van der Waals surface area contributed by atoms with Crippen molar-refractivity contribution in [2.75, 3.05) is 7.11 Å². The second-order valence-corrected chi connectivity index (χ2v) is 4.86. The summed E-state index contributed by atoms with van der Waals surface area (Å²) in [4.78, 5) is 20.4. The van der Waals surface area contributed by atoms with Crippen LogP contribution in [0.4, 0.5) is 4.39 Å². The number of methoxy groups -OCH3 is 1. The minimum atomic E-state index is -0.334. The zero-order valence-electron chi connectivity index (χ0n) is 12.8. The van der Waals surface area contributed by atoms with Gasteiger partial charge < -0.3 is 10.1 Å². The maximum atomic E-state index is 12.9. The first-order valence-corrected chi connectivity index (χ1v) is 7.12. The molecule has 0 saturated carbocycles. The first-order chi connectivity index (χ1) is 11.7. The zero-order valence-corrected chi connectivity index (χ0v) is 12.8. The van der Waals surface area contributed by atoms with Crippen LogP contribution in [0.3, 0.4) is 0 Å². The average molecular weight is 327 g/mol. The van der Waals surface area contributed by atoms with E-state index in [0.29, 0.717) is 22.8 Å². The SMILES string of the molecule is COc1ncccc1C(=O)NCc1nc(-c2ccc(F)cc2)n[nH]1. The summed E-state index contributed by atoms with van der Waals surface area (Å²) >= 11 is 0. The molecule has 7 nitrogen and oxygen atoms in total. The molecule has 0 aliphatic heterocycles. The molecule has 3 rings (SSSR count). The summed E-state index contributed by atoms with van der Waals surface area (Å²) in [7, 11) is 1.45. The molecule has 0 aliphatic carbocycles. The fourth-order valence-corrected chi connectivity index (χ4v) is 2.09. The molecule has 3 aromatic rings. The van der Waals surface area contributed by atoms with Crippen LogP contribution in [0.25, 0.3) is 11.4 Å². The molecule has 0 bridgehead atoms. The van der Waals surface area contributed by atoms with Crippen molar-refractivity contribution in [3.05, 3.63) is 59.8 Å². The first kappa shape index (κ1) is 15.6. The Balaban J connectivity index is 1.67. The average Bonchev–Trinajstić information content (AvgIpc) is 3.09. The van der Waals surface area contributed by atoms with Crippen molar-refractivity contribution in [3.8, 4) is 17.3 Å². The Labute approximate surface area is 136 Å². The molecule has 24 heavy (non-hydrogen) atoms. The number of benzene rings is 1. The van der Waals surface area contributed by atoms with Gasteiger partial charge in [0.25, 0.3) is 5.91 Å². The van der Waals surface area contributed by atoms with Gasteiger partial charge in [0.15, 0.2) is 5.82 Å². The van der Waals surface area contributed by atoms with Crippen LogP contribution >= 0.6 is 0 Å². The van der Waals surface area contributed by atoms with E-state index in [4.69, 9.17) is 4.74 Å². The van der Waals surface area contributed by atoms with Crippen LogP contribution in [-0.4, -0.2) is 33.2 Å². The number of hydrogen-bond acceptors (Lipinski definition) is 5. The Morgan fingerprint density at radius 3 is 2.83 bits per heavy atom.